The SMILES string of the molecule is CN(C)c1cc(Cl)c(C=NN=C(N)N)c(Cl)c1. The average Bonchev–Trinajstić information content (AvgIpc) is 2.21. The third-order valence-electron chi connectivity index (χ3n) is 1.94. The molecule has 0 bridgehead atoms. The van der Waals surface area contributed by atoms with Crippen LogP contribution >= 0.6 is 23.2 Å². The quantitative estimate of drug-likeness (QED) is 0.500. The van der Waals surface area contributed by atoms with Crippen molar-refractivity contribution in [3.05, 3.63) is 27.7 Å². The van der Waals surface area contributed by atoms with Crippen molar-refractivity contribution in [1.82, 2.24) is 0 Å². The monoisotopic (exact) mass is 273 g/mol. The highest BCUT2D eigenvalue weighted by molar-refractivity contribution is 6.39. The van der Waals surface area contributed by atoms with E-state index in [0.29, 0.717) is 15.6 Å². The van der Waals surface area contributed by atoms with E-state index in [0.717, 1.165) is 5.69 Å². The Bertz CT molecular complexity index is 441. The number of nitrogens with two attached hydrogens (primary N) is 2. The van der Waals surface area contributed by atoms with Crippen molar-refractivity contribution < 1.29 is 0 Å². The summed E-state index contributed by atoms with van der Waals surface area (Å²) in [5.41, 5.74) is 11.8. The fraction of sp³-hybridized carbons (Fsp3) is 0.200. The molecule has 0 aliphatic carbocycles. The second-order valence-corrected chi connectivity index (χ2v) is 4.30. The summed E-state index contributed by atoms with van der Waals surface area (Å²) in [6.07, 6.45) is 1.41. The minimum atomic E-state index is -0.126. The molecule has 0 aliphatic rings. The summed E-state index contributed by atoms with van der Waals surface area (Å²) in [6.45, 7) is 0. The summed E-state index contributed by atoms with van der Waals surface area (Å²) in [6, 6.07) is 3.56. The first-order valence-electron chi connectivity index (χ1n) is 4.70. The minimum Gasteiger partial charge on any atom is -0.378 e. The molecule has 0 saturated carbocycles. The van der Waals surface area contributed by atoms with E-state index in [1.165, 1.54) is 6.21 Å². The fourth-order valence-electron chi connectivity index (χ4n) is 1.11. The van der Waals surface area contributed by atoms with Gasteiger partial charge < -0.3 is 16.4 Å². The maximum atomic E-state index is 6.08. The van der Waals surface area contributed by atoms with E-state index < -0.39 is 0 Å². The average molecular weight is 274 g/mol. The third kappa shape index (κ3) is 3.80. The fourth-order valence-corrected chi connectivity index (χ4v) is 1.68. The van der Waals surface area contributed by atoms with E-state index in [4.69, 9.17) is 34.7 Å². The van der Waals surface area contributed by atoms with E-state index in [-0.39, 0.29) is 5.96 Å². The molecule has 0 atom stereocenters. The Morgan fingerprint density at radius 1 is 1.24 bits per heavy atom. The van der Waals surface area contributed by atoms with Crippen LogP contribution in [-0.2, 0) is 0 Å². The lowest BCUT2D eigenvalue weighted by Crippen LogP contribution is -2.21. The van der Waals surface area contributed by atoms with E-state index in [9.17, 15) is 0 Å². The molecule has 0 fully saturated rings. The zero-order chi connectivity index (χ0) is 13.0. The number of guanidine groups is 1. The van der Waals surface area contributed by atoms with Crippen LogP contribution in [0.15, 0.2) is 22.3 Å². The van der Waals surface area contributed by atoms with Gasteiger partial charge in [0.05, 0.1) is 16.3 Å². The number of hydrogen-bond acceptors (Lipinski definition) is 3. The zero-order valence-electron chi connectivity index (χ0n) is 9.48. The molecule has 17 heavy (non-hydrogen) atoms. The first-order chi connectivity index (χ1) is 7.91. The highest BCUT2D eigenvalue weighted by Crippen LogP contribution is 2.28. The molecule has 0 unspecified atom stereocenters. The van der Waals surface area contributed by atoms with E-state index in [2.05, 4.69) is 10.2 Å². The van der Waals surface area contributed by atoms with Gasteiger partial charge in [0.2, 0.25) is 5.96 Å². The topological polar surface area (TPSA) is 80.0 Å². The molecule has 0 aromatic heterocycles. The van der Waals surface area contributed by atoms with Crippen LogP contribution in [0.2, 0.25) is 10.0 Å². The van der Waals surface area contributed by atoms with Gasteiger partial charge in [-0.2, -0.15) is 5.10 Å². The first-order valence-corrected chi connectivity index (χ1v) is 5.45. The molecule has 1 aromatic carbocycles. The van der Waals surface area contributed by atoms with Crippen LogP contribution in [0.5, 0.6) is 0 Å². The van der Waals surface area contributed by atoms with Crippen LogP contribution in [0.25, 0.3) is 0 Å². The Hall–Kier alpha value is -1.46. The van der Waals surface area contributed by atoms with Gasteiger partial charge in [-0.3, -0.25) is 0 Å². The Balaban J connectivity index is 3.10. The summed E-state index contributed by atoms with van der Waals surface area (Å²) in [5, 5.41) is 8.11. The van der Waals surface area contributed by atoms with Crippen molar-refractivity contribution in [3.63, 3.8) is 0 Å². The smallest absolute Gasteiger partial charge is 0.211 e. The molecular formula is C10H13Cl2N5. The van der Waals surface area contributed by atoms with Gasteiger partial charge >= 0.3 is 0 Å². The normalized spacial score (nSPS) is 10.6. The van der Waals surface area contributed by atoms with Gasteiger partial charge in [0.15, 0.2) is 0 Å². The highest BCUT2D eigenvalue weighted by atomic mass is 35.5. The molecule has 1 rings (SSSR count). The van der Waals surface area contributed by atoms with Gasteiger partial charge in [-0.25, -0.2) is 0 Å². The van der Waals surface area contributed by atoms with E-state index in [1.54, 1.807) is 12.1 Å². The molecule has 7 heteroatoms. The van der Waals surface area contributed by atoms with Crippen molar-refractivity contribution in [3.8, 4) is 0 Å². The van der Waals surface area contributed by atoms with Crippen LogP contribution in [0.1, 0.15) is 5.56 Å². The maximum absolute atomic E-state index is 6.08. The summed E-state index contributed by atoms with van der Waals surface area (Å²) in [4.78, 5) is 1.90. The second-order valence-electron chi connectivity index (χ2n) is 3.49. The number of anilines is 1. The first kappa shape index (κ1) is 13.6. The van der Waals surface area contributed by atoms with Crippen LogP contribution in [-0.4, -0.2) is 26.3 Å². The lowest BCUT2D eigenvalue weighted by atomic mass is 10.2. The number of benzene rings is 1. The van der Waals surface area contributed by atoms with Crippen molar-refractivity contribution in [2.75, 3.05) is 19.0 Å². The molecule has 0 saturated heterocycles. The Labute approximate surface area is 110 Å². The van der Waals surface area contributed by atoms with Gasteiger partial charge in [0, 0.05) is 25.3 Å². The lowest BCUT2D eigenvalue weighted by molar-refractivity contribution is 1.13. The lowest BCUT2D eigenvalue weighted by Gasteiger charge is -2.14. The number of rotatable bonds is 3. The Morgan fingerprint density at radius 3 is 2.18 bits per heavy atom. The number of hydrogen-bond donors (Lipinski definition) is 2. The van der Waals surface area contributed by atoms with E-state index >= 15 is 0 Å². The summed E-state index contributed by atoms with van der Waals surface area (Å²) >= 11 is 12.2. The molecule has 5 nitrogen and oxygen atoms in total. The third-order valence-corrected chi connectivity index (χ3v) is 2.57. The van der Waals surface area contributed by atoms with Crippen molar-refractivity contribution >= 4 is 41.1 Å². The second kappa shape index (κ2) is 5.75. The van der Waals surface area contributed by atoms with Crippen molar-refractivity contribution in [1.29, 1.82) is 0 Å². The largest absolute Gasteiger partial charge is 0.378 e. The Kier molecular flexibility index (Phi) is 4.60. The number of halogens is 2. The van der Waals surface area contributed by atoms with Crippen LogP contribution in [0, 0.1) is 0 Å². The van der Waals surface area contributed by atoms with Gasteiger partial charge in [-0.05, 0) is 12.1 Å². The Morgan fingerprint density at radius 2 is 1.76 bits per heavy atom. The zero-order valence-corrected chi connectivity index (χ0v) is 11.0. The molecular weight excluding hydrogens is 261 g/mol. The molecule has 0 aliphatic heterocycles. The summed E-state index contributed by atoms with van der Waals surface area (Å²) < 4.78 is 0. The molecule has 0 amide bonds. The van der Waals surface area contributed by atoms with Gasteiger partial charge in [0.25, 0.3) is 0 Å². The predicted molar refractivity (Wildman–Crippen MR) is 74.2 cm³/mol. The standard InChI is InChI=1S/C10H13Cl2N5/c1-17(2)6-3-8(11)7(9(12)4-6)5-15-16-10(13)14/h3-5H,1-2H3,(H4,13,14,16). The van der Waals surface area contributed by atoms with Crippen LogP contribution in [0.3, 0.4) is 0 Å². The summed E-state index contributed by atoms with van der Waals surface area (Å²) in [7, 11) is 3.80. The maximum Gasteiger partial charge on any atom is 0.211 e. The highest BCUT2D eigenvalue weighted by Gasteiger charge is 2.07. The predicted octanol–water partition coefficient (Wildman–Crippen LogP) is 1.67. The summed E-state index contributed by atoms with van der Waals surface area (Å²) in [5.74, 6) is -0.126. The molecule has 0 radical (unpaired) electrons. The molecule has 0 heterocycles. The van der Waals surface area contributed by atoms with Crippen LogP contribution in [0.4, 0.5) is 5.69 Å². The number of nitrogens with zero attached hydrogens (tertiary/aromatic N) is 3. The molecule has 4 N–H and O–H groups in total. The van der Waals surface area contributed by atoms with Crippen molar-refractivity contribution in [2.45, 2.75) is 0 Å². The molecule has 0 spiro atoms. The van der Waals surface area contributed by atoms with Crippen molar-refractivity contribution in [2.24, 2.45) is 21.7 Å². The molecule has 1 aromatic rings. The van der Waals surface area contributed by atoms with Gasteiger partial charge in [-0.15, -0.1) is 5.10 Å². The van der Waals surface area contributed by atoms with Crippen LogP contribution < -0.4 is 16.4 Å². The minimum absolute atomic E-state index is 0.126. The van der Waals surface area contributed by atoms with Gasteiger partial charge in [-0.1, -0.05) is 23.2 Å². The van der Waals surface area contributed by atoms with E-state index in [1.807, 2.05) is 19.0 Å². The van der Waals surface area contributed by atoms with Gasteiger partial charge in [0.1, 0.15) is 0 Å². The molecule has 92 valence electrons.